The van der Waals surface area contributed by atoms with E-state index in [2.05, 4.69) is 33.5 Å². The van der Waals surface area contributed by atoms with Gasteiger partial charge in [0, 0.05) is 24.8 Å². The zero-order valence-electron chi connectivity index (χ0n) is 9.34. The van der Waals surface area contributed by atoms with Crippen LogP contribution < -0.4 is 5.32 Å². The highest BCUT2D eigenvalue weighted by molar-refractivity contribution is 7.18. The Bertz CT molecular complexity index is 660. The standard InChI is InChI=1S/C13H11N3S/c1-14-13-16-8-12(17-13)10-4-5-11-9(7-10)3-2-6-15-11/h2-8H,1H3,(H,14,16). The molecule has 0 fully saturated rings. The summed E-state index contributed by atoms with van der Waals surface area (Å²) in [5, 5.41) is 5.14. The second kappa shape index (κ2) is 4.14. The first-order valence-electron chi connectivity index (χ1n) is 5.35. The molecule has 0 aliphatic heterocycles. The van der Waals surface area contributed by atoms with Crippen molar-refractivity contribution in [1.82, 2.24) is 9.97 Å². The Balaban J connectivity index is 2.11. The van der Waals surface area contributed by atoms with Crippen molar-refractivity contribution >= 4 is 27.4 Å². The van der Waals surface area contributed by atoms with E-state index in [9.17, 15) is 0 Å². The minimum atomic E-state index is 0.936. The van der Waals surface area contributed by atoms with E-state index in [0.29, 0.717) is 0 Å². The van der Waals surface area contributed by atoms with E-state index in [4.69, 9.17) is 0 Å². The van der Waals surface area contributed by atoms with Crippen LogP contribution in [0.15, 0.2) is 42.7 Å². The molecule has 2 heterocycles. The van der Waals surface area contributed by atoms with Crippen molar-refractivity contribution in [2.75, 3.05) is 12.4 Å². The van der Waals surface area contributed by atoms with E-state index in [1.807, 2.05) is 31.6 Å². The maximum Gasteiger partial charge on any atom is 0.182 e. The number of nitrogens with zero attached hydrogens (tertiary/aromatic N) is 2. The van der Waals surface area contributed by atoms with Crippen LogP contribution in [0.5, 0.6) is 0 Å². The highest BCUT2D eigenvalue weighted by Gasteiger charge is 2.04. The number of anilines is 1. The molecule has 0 radical (unpaired) electrons. The molecule has 0 saturated carbocycles. The van der Waals surface area contributed by atoms with Crippen molar-refractivity contribution in [3.05, 3.63) is 42.7 Å². The first-order chi connectivity index (χ1) is 8.36. The number of nitrogens with one attached hydrogen (secondary N) is 1. The number of thiazole rings is 1. The fraction of sp³-hybridized carbons (Fsp3) is 0.0769. The second-order valence-electron chi connectivity index (χ2n) is 3.69. The molecule has 84 valence electrons. The van der Waals surface area contributed by atoms with Crippen LogP contribution in [0.25, 0.3) is 21.3 Å². The minimum absolute atomic E-state index is 0.936. The highest BCUT2D eigenvalue weighted by Crippen LogP contribution is 2.30. The van der Waals surface area contributed by atoms with E-state index < -0.39 is 0 Å². The number of fused-ring (bicyclic) bond motifs is 1. The summed E-state index contributed by atoms with van der Waals surface area (Å²) in [6.07, 6.45) is 3.71. The fourth-order valence-electron chi connectivity index (χ4n) is 1.75. The summed E-state index contributed by atoms with van der Waals surface area (Å²) in [6, 6.07) is 10.3. The number of hydrogen-bond donors (Lipinski definition) is 1. The van der Waals surface area contributed by atoms with Crippen LogP contribution in [-0.4, -0.2) is 17.0 Å². The largest absolute Gasteiger partial charge is 0.365 e. The third kappa shape index (κ3) is 1.87. The van der Waals surface area contributed by atoms with Crippen LogP contribution in [0.2, 0.25) is 0 Å². The molecular weight excluding hydrogens is 230 g/mol. The summed E-state index contributed by atoms with van der Waals surface area (Å²) < 4.78 is 0. The summed E-state index contributed by atoms with van der Waals surface area (Å²) in [7, 11) is 1.88. The molecule has 0 saturated heterocycles. The molecule has 0 bridgehead atoms. The van der Waals surface area contributed by atoms with E-state index in [1.165, 1.54) is 10.4 Å². The lowest BCUT2D eigenvalue weighted by molar-refractivity contribution is 1.37. The average molecular weight is 241 g/mol. The summed E-state index contributed by atoms with van der Waals surface area (Å²) in [5.74, 6) is 0. The summed E-state index contributed by atoms with van der Waals surface area (Å²) in [4.78, 5) is 9.76. The number of benzene rings is 1. The molecule has 0 aliphatic carbocycles. The van der Waals surface area contributed by atoms with Crippen molar-refractivity contribution in [3.63, 3.8) is 0 Å². The average Bonchev–Trinajstić information content (AvgIpc) is 2.87. The van der Waals surface area contributed by atoms with Gasteiger partial charge >= 0.3 is 0 Å². The molecule has 3 nitrogen and oxygen atoms in total. The van der Waals surface area contributed by atoms with Crippen LogP contribution in [0, 0.1) is 0 Å². The molecule has 0 amide bonds. The maximum atomic E-state index is 4.31. The van der Waals surface area contributed by atoms with Crippen LogP contribution in [0.4, 0.5) is 5.13 Å². The molecule has 0 atom stereocenters. The molecule has 1 N–H and O–H groups in total. The van der Waals surface area contributed by atoms with E-state index in [-0.39, 0.29) is 0 Å². The smallest absolute Gasteiger partial charge is 0.182 e. The van der Waals surface area contributed by atoms with Gasteiger partial charge in [-0.3, -0.25) is 4.98 Å². The number of rotatable bonds is 2. The zero-order valence-corrected chi connectivity index (χ0v) is 10.2. The van der Waals surface area contributed by atoms with Crippen LogP contribution in [0.3, 0.4) is 0 Å². The maximum absolute atomic E-state index is 4.31. The minimum Gasteiger partial charge on any atom is -0.365 e. The lowest BCUT2D eigenvalue weighted by Crippen LogP contribution is -1.83. The summed E-state index contributed by atoms with van der Waals surface area (Å²) in [6.45, 7) is 0. The predicted molar refractivity (Wildman–Crippen MR) is 72.4 cm³/mol. The van der Waals surface area contributed by atoms with Gasteiger partial charge in [-0.05, 0) is 23.8 Å². The van der Waals surface area contributed by atoms with Crippen molar-refractivity contribution in [2.24, 2.45) is 0 Å². The molecule has 0 spiro atoms. The van der Waals surface area contributed by atoms with Gasteiger partial charge in [0.05, 0.1) is 10.4 Å². The van der Waals surface area contributed by atoms with Gasteiger partial charge in [0.1, 0.15) is 0 Å². The molecule has 0 unspecified atom stereocenters. The first-order valence-corrected chi connectivity index (χ1v) is 6.17. The second-order valence-corrected chi connectivity index (χ2v) is 4.72. The van der Waals surface area contributed by atoms with E-state index >= 15 is 0 Å². The van der Waals surface area contributed by atoms with E-state index in [1.54, 1.807) is 11.3 Å². The number of aromatic nitrogens is 2. The molecule has 2 aromatic heterocycles. The first kappa shape index (κ1) is 10.2. The third-order valence-corrected chi connectivity index (χ3v) is 3.67. The molecule has 17 heavy (non-hydrogen) atoms. The fourth-order valence-corrected chi connectivity index (χ4v) is 2.52. The van der Waals surface area contributed by atoms with Crippen molar-refractivity contribution in [3.8, 4) is 10.4 Å². The lowest BCUT2D eigenvalue weighted by atomic mass is 10.1. The van der Waals surface area contributed by atoms with Crippen LogP contribution in [0.1, 0.15) is 0 Å². The van der Waals surface area contributed by atoms with Crippen molar-refractivity contribution in [2.45, 2.75) is 0 Å². The molecular formula is C13H11N3S. The Morgan fingerprint density at radius 3 is 2.94 bits per heavy atom. The SMILES string of the molecule is CNc1ncc(-c2ccc3ncccc3c2)s1. The van der Waals surface area contributed by atoms with Gasteiger partial charge in [0.2, 0.25) is 0 Å². The lowest BCUT2D eigenvalue weighted by Gasteiger charge is -1.99. The Morgan fingerprint density at radius 2 is 2.12 bits per heavy atom. The summed E-state index contributed by atoms with van der Waals surface area (Å²) in [5.41, 5.74) is 2.21. The molecule has 3 rings (SSSR count). The van der Waals surface area contributed by atoms with E-state index in [0.717, 1.165) is 16.0 Å². The van der Waals surface area contributed by atoms with Gasteiger partial charge < -0.3 is 5.32 Å². The summed E-state index contributed by atoms with van der Waals surface area (Å²) >= 11 is 1.65. The highest BCUT2D eigenvalue weighted by atomic mass is 32.1. The molecule has 3 aromatic rings. The van der Waals surface area contributed by atoms with Gasteiger partial charge in [0.15, 0.2) is 5.13 Å². The van der Waals surface area contributed by atoms with Gasteiger partial charge in [-0.15, -0.1) is 0 Å². The molecule has 0 aliphatic rings. The molecule has 1 aromatic carbocycles. The Morgan fingerprint density at radius 1 is 1.18 bits per heavy atom. The quantitative estimate of drug-likeness (QED) is 0.747. The van der Waals surface area contributed by atoms with Gasteiger partial charge in [-0.2, -0.15) is 0 Å². The number of pyridine rings is 1. The Hall–Kier alpha value is -1.94. The van der Waals surface area contributed by atoms with Crippen LogP contribution >= 0.6 is 11.3 Å². The van der Waals surface area contributed by atoms with Crippen molar-refractivity contribution < 1.29 is 0 Å². The molecule has 4 heteroatoms. The Labute approximate surface area is 103 Å². The Kier molecular flexibility index (Phi) is 2.49. The third-order valence-electron chi connectivity index (χ3n) is 2.61. The zero-order chi connectivity index (χ0) is 11.7. The van der Waals surface area contributed by atoms with Gasteiger partial charge in [-0.25, -0.2) is 4.98 Å². The number of hydrogen-bond acceptors (Lipinski definition) is 4. The normalized spacial score (nSPS) is 10.6. The predicted octanol–water partition coefficient (Wildman–Crippen LogP) is 3.40. The van der Waals surface area contributed by atoms with Gasteiger partial charge in [-0.1, -0.05) is 23.5 Å². The topological polar surface area (TPSA) is 37.8 Å². The van der Waals surface area contributed by atoms with Gasteiger partial charge in [0.25, 0.3) is 0 Å². The van der Waals surface area contributed by atoms with Crippen molar-refractivity contribution in [1.29, 1.82) is 0 Å². The monoisotopic (exact) mass is 241 g/mol. The van der Waals surface area contributed by atoms with Crippen LogP contribution in [-0.2, 0) is 0 Å².